The maximum atomic E-state index is 13.3. The highest BCUT2D eigenvalue weighted by Gasteiger charge is 2.37. The van der Waals surface area contributed by atoms with E-state index in [1.165, 1.54) is 12.0 Å². The molecule has 2 rings (SSSR count). The molecular formula is C20H27ClN2O6. The van der Waals surface area contributed by atoms with E-state index in [9.17, 15) is 14.4 Å². The lowest BCUT2D eigenvalue weighted by Crippen LogP contribution is -2.59. The van der Waals surface area contributed by atoms with Gasteiger partial charge in [-0.1, -0.05) is 23.7 Å². The number of esters is 1. The number of hydrogen-bond donors (Lipinski definition) is 1. The maximum Gasteiger partial charge on any atom is 0.408 e. The van der Waals surface area contributed by atoms with E-state index in [0.29, 0.717) is 11.6 Å². The number of amides is 2. The number of nitrogens with zero attached hydrogens (tertiary/aromatic N) is 1. The van der Waals surface area contributed by atoms with Crippen molar-refractivity contribution in [3.63, 3.8) is 0 Å². The van der Waals surface area contributed by atoms with Gasteiger partial charge in [0.15, 0.2) is 6.04 Å². The van der Waals surface area contributed by atoms with E-state index in [0.717, 1.165) is 5.56 Å². The summed E-state index contributed by atoms with van der Waals surface area (Å²) >= 11 is 5.93. The van der Waals surface area contributed by atoms with Crippen molar-refractivity contribution in [3.8, 4) is 0 Å². The molecule has 0 bridgehead atoms. The zero-order valence-electron chi connectivity index (χ0n) is 17.1. The second-order valence-electron chi connectivity index (χ2n) is 7.67. The Morgan fingerprint density at radius 1 is 1.28 bits per heavy atom. The summed E-state index contributed by atoms with van der Waals surface area (Å²) < 4.78 is 15.4. The van der Waals surface area contributed by atoms with E-state index in [-0.39, 0.29) is 19.6 Å². The molecule has 8 nitrogen and oxygen atoms in total. The number of hydrogen-bond acceptors (Lipinski definition) is 6. The van der Waals surface area contributed by atoms with Gasteiger partial charge in [-0.2, -0.15) is 0 Å². The van der Waals surface area contributed by atoms with Crippen LogP contribution in [0.15, 0.2) is 24.3 Å². The average molecular weight is 427 g/mol. The zero-order valence-corrected chi connectivity index (χ0v) is 17.8. The lowest BCUT2D eigenvalue weighted by Gasteiger charge is -2.36. The molecule has 1 aliphatic rings. The fraction of sp³-hybridized carbons (Fsp3) is 0.550. The standard InChI is InChI=1S/C20H27ClN2O6/c1-20(2,3)29-19(26)22-15(11-13-5-7-14(21)8-6-13)17(24)23-9-10-28-12-16(23)18(25)27-4/h5-8,15-16H,9-12H2,1-4H3,(H,22,26). The molecule has 0 aliphatic carbocycles. The smallest absolute Gasteiger partial charge is 0.408 e. The number of benzene rings is 1. The van der Waals surface area contributed by atoms with Gasteiger partial charge in [-0.25, -0.2) is 9.59 Å². The molecule has 1 aromatic carbocycles. The Morgan fingerprint density at radius 3 is 2.52 bits per heavy atom. The first-order chi connectivity index (χ1) is 13.6. The number of nitrogens with one attached hydrogen (secondary N) is 1. The van der Waals surface area contributed by atoms with Gasteiger partial charge in [0.1, 0.15) is 11.6 Å². The molecule has 1 fully saturated rings. The molecular weight excluding hydrogens is 400 g/mol. The second-order valence-corrected chi connectivity index (χ2v) is 8.11. The Balaban J connectivity index is 2.23. The van der Waals surface area contributed by atoms with E-state index in [4.69, 9.17) is 25.8 Å². The van der Waals surface area contributed by atoms with Gasteiger partial charge in [0, 0.05) is 18.0 Å². The summed E-state index contributed by atoms with van der Waals surface area (Å²) in [4.78, 5) is 39.1. The lowest BCUT2D eigenvalue weighted by molar-refractivity contribution is -0.161. The van der Waals surface area contributed by atoms with Crippen molar-refractivity contribution in [2.24, 2.45) is 0 Å². The normalized spacial score (nSPS) is 18.0. The van der Waals surface area contributed by atoms with E-state index in [2.05, 4.69) is 5.32 Å². The van der Waals surface area contributed by atoms with Crippen molar-refractivity contribution in [1.82, 2.24) is 10.2 Å². The monoisotopic (exact) mass is 426 g/mol. The van der Waals surface area contributed by atoms with Crippen LogP contribution in [-0.2, 0) is 30.2 Å². The Kier molecular flexibility index (Phi) is 7.87. The summed E-state index contributed by atoms with van der Waals surface area (Å²) in [5.41, 5.74) is 0.0811. The number of alkyl carbamates (subject to hydrolysis) is 1. The summed E-state index contributed by atoms with van der Waals surface area (Å²) in [6.07, 6.45) is -0.506. The summed E-state index contributed by atoms with van der Waals surface area (Å²) in [6.45, 7) is 5.75. The Bertz CT molecular complexity index is 731. The van der Waals surface area contributed by atoms with Crippen molar-refractivity contribution in [2.45, 2.75) is 44.9 Å². The van der Waals surface area contributed by atoms with E-state index in [1.54, 1.807) is 45.0 Å². The minimum atomic E-state index is -0.934. The third-order valence-electron chi connectivity index (χ3n) is 4.23. The minimum Gasteiger partial charge on any atom is -0.467 e. The van der Waals surface area contributed by atoms with Crippen LogP contribution in [0.25, 0.3) is 0 Å². The van der Waals surface area contributed by atoms with Crippen molar-refractivity contribution in [1.29, 1.82) is 0 Å². The fourth-order valence-electron chi connectivity index (χ4n) is 2.91. The highest BCUT2D eigenvalue weighted by atomic mass is 35.5. The van der Waals surface area contributed by atoms with Crippen molar-refractivity contribution < 1.29 is 28.6 Å². The van der Waals surface area contributed by atoms with Crippen LogP contribution >= 0.6 is 11.6 Å². The van der Waals surface area contributed by atoms with Crippen LogP contribution in [0.2, 0.25) is 5.02 Å². The molecule has 9 heteroatoms. The Morgan fingerprint density at radius 2 is 1.93 bits per heavy atom. The number of morpholine rings is 1. The molecule has 1 heterocycles. The average Bonchev–Trinajstić information content (AvgIpc) is 2.66. The summed E-state index contributed by atoms with van der Waals surface area (Å²) in [5.74, 6) is -0.981. The maximum absolute atomic E-state index is 13.3. The van der Waals surface area contributed by atoms with E-state index < -0.39 is 35.7 Å². The molecule has 1 aromatic rings. The van der Waals surface area contributed by atoms with Gasteiger partial charge in [-0.15, -0.1) is 0 Å². The van der Waals surface area contributed by atoms with Crippen LogP contribution in [0.4, 0.5) is 4.79 Å². The van der Waals surface area contributed by atoms with Crippen LogP contribution in [0.1, 0.15) is 26.3 Å². The van der Waals surface area contributed by atoms with Crippen LogP contribution in [0.5, 0.6) is 0 Å². The first-order valence-corrected chi connectivity index (χ1v) is 9.68. The summed E-state index contributed by atoms with van der Waals surface area (Å²) in [5, 5.41) is 3.20. The third kappa shape index (κ3) is 6.90. The SMILES string of the molecule is COC(=O)C1COCCN1C(=O)C(Cc1ccc(Cl)cc1)NC(=O)OC(C)(C)C. The number of carbonyl (C=O) groups excluding carboxylic acids is 3. The number of ether oxygens (including phenoxy) is 3. The van der Waals surface area contributed by atoms with Gasteiger partial charge in [-0.3, -0.25) is 4.79 Å². The van der Waals surface area contributed by atoms with Gasteiger partial charge in [0.2, 0.25) is 5.91 Å². The molecule has 0 aromatic heterocycles. The van der Waals surface area contributed by atoms with Gasteiger partial charge < -0.3 is 24.4 Å². The summed E-state index contributed by atoms with van der Waals surface area (Å²) in [6, 6.07) is 5.16. The Labute approximate surface area is 175 Å². The molecule has 1 N–H and O–H groups in total. The van der Waals surface area contributed by atoms with Gasteiger partial charge in [0.25, 0.3) is 0 Å². The molecule has 2 unspecified atom stereocenters. The molecule has 1 aliphatic heterocycles. The molecule has 0 radical (unpaired) electrons. The molecule has 1 saturated heterocycles. The number of rotatable bonds is 5. The van der Waals surface area contributed by atoms with Gasteiger partial charge in [-0.05, 0) is 38.5 Å². The molecule has 29 heavy (non-hydrogen) atoms. The topological polar surface area (TPSA) is 94.2 Å². The minimum absolute atomic E-state index is 0.0402. The lowest BCUT2D eigenvalue weighted by atomic mass is 10.0. The first kappa shape index (κ1) is 23.0. The van der Waals surface area contributed by atoms with Crippen molar-refractivity contribution in [3.05, 3.63) is 34.9 Å². The zero-order chi connectivity index (χ0) is 21.6. The second kappa shape index (κ2) is 9.93. The summed E-state index contributed by atoms with van der Waals surface area (Å²) in [7, 11) is 1.25. The predicted octanol–water partition coefficient (Wildman–Crippen LogP) is 2.18. The predicted molar refractivity (Wildman–Crippen MR) is 107 cm³/mol. The molecule has 0 spiro atoms. The highest BCUT2D eigenvalue weighted by Crippen LogP contribution is 2.16. The molecule has 0 saturated carbocycles. The quantitative estimate of drug-likeness (QED) is 0.725. The molecule has 160 valence electrons. The number of methoxy groups -OCH3 is 1. The van der Waals surface area contributed by atoms with E-state index >= 15 is 0 Å². The van der Waals surface area contributed by atoms with Crippen LogP contribution in [0.3, 0.4) is 0 Å². The number of halogens is 1. The van der Waals surface area contributed by atoms with Crippen molar-refractivity contribution >= 4 is 29.6 Å². The van der Waals surface area contributed by atoms with Crippen LogP contribution < -0.4 is 5.32 Å². The van der Waals surface area contributed by atoms with Gasteiger partial charge in [0.05, 0.1) is 20.3 Å². The first-order valence-electron chi connectivity index (χ1n) is 9.30. The van der Waals surface area contributed by atoms with Crippen LogP contribution in [0, 0.1) is 0 Å². The largest absolute Gasteiger partial charge is 0.467 e. The van der Waals surface area contributed by atoms with Crippen LogP contribution in [-0.4, -0.2) is 67.4 Å². The molecule has 2 amide bonds. The van der Waals surface area contributed by atoms with E-state index in [1.807, 2.05) is 0 Å². The Hall–Kier alpha value is -2.32. The highest BCUT2D eigenvalue weighted by molar-refractivity contribution is 6.30. The van der Waals surface area contributed by atoms with Crippen molar-refractivity contribution in [2.75, 3.05) is 26.9 Å². The fourth-order valence-corrected chi connectivity index (χ4v) is 3.03. The number of carbonyl (C=O) groups is 3. The molecule has 2 atom stereocenters. The third-order valence-corrected chi connectivity index (χ3v) is 4.48. The van der Waals surface area contributed by atoms with Gasteiger partial charge >= 0.3 is 12.1 Å².